The Hall–Kier alpha value is -0.316. The van der Waals surface area contributed by atoms with Crippen molar-refractivity contribution >= 4 is 5.78 Å². The van der Waals surface area contributed by atoms with Crippen LogP contribution >= 0.6 is 0 Å². The summed E-state index contributed by atoms with van der Waals surface area (Å²) in [7, 11) is 0. The zero-order valence-electron chi connectivity index (χ0n) is 7.16. The van der Waals surface area contributed by atoms with Crippen LogP contribution in [0.25, 0.3) is 5.73 Å². The molecule has 0 fully saturated rings. The molecule has 13 heavy (non-hydrogen) atoms. The molecule has 5 heteroatoms. The molecule has 0 amide bonds. The summed E-state index contributed by atoms with van der Waals surface area (Å²) in [4.78, 5) is 14.5. The maximum Gasteiger partial charge on any atom is 0.163 e. The third-order valence-corrected chi connectivity index (χ3v) is 1.45. The first kappa shape index (κ1) is 12.7. The smallest absolute Gasteiger partial charge is 0.163 e. The van der Waals surface area contributed by atoms with Gasteiger partial charge in [-0.25, -0.2) is 6.07 Å². The third kappa shape index (κ3) is 2.83. The number of nitrogens with zero attached hydrogens (tertiary/aromatic N) is 1. The average Bonchev–Trinajstić information content (AvgIpc) is 2.04. The number of hydrogen-bond donors (Lipinski definition) is 1. The number of aromatic nitrogens is 1. The topological polar surface area (TPSA) is 74.0 Å². The Labute approximate surface area is 101 Å². The largest absolute Gasteiger partial charge is 0.676 e. The molecule has 2 N–H and O–H groups in total. The average molecular weight is 253 g/mol. The van der Waals surface area contributed by atoms with Gasteiger partial charge in [-0.1, -0.05) is 6.20 Å². The quantitative estimate of drug-likeness (QED) is 0.638. The molecule has 0 aliphatic carbocycles. The molecule has 1 rings (SSSR count). The molecule has 0 aliphatic rings. The van der Waals surface area contributed by atoms with E-state index in [1.807, 2.05) is 0 Å². The van der Waals surface area contributed by atoms with Gasteiger partial charge in [0, 0.05) is 32.7 Å². The van der Waals surface area contributed by atoms with Crippen LogP contribution in [0.5, 0.6) is 5.75 Å². The van der Waals surface area contributed by atoms with Crippen molar-refractivity contribution in [1.29, 1.82) is 0 Å². The number of aromatic hydroxyl groups is 1. The van der Waals surface area contributed by atoms with Crippen LogP contribution in [-0.4, -0.2) is 15.9 Å². The van der Waals surface area contributed by atoms with Crippen LogP contribution in [0.15, 0.2) is 6.20 Å². The Morgan fingerprint density at radius 3 is 2.85 bits per heavy atom. The van der Waals surface area contributed by atoms with Crippen LogP contribution in [-0.2, 0) is 39.3 Å². The van der Waals surface area contributed by atoms with E-state index in [1.54, 1.807) is 0 Å². The number of rotatable bonds is 2. The van der Waals surface area contributed by atoms with E-state index in [1.165, 1.54) is 13.1 Å². The van der Waals surface area contributed by atoms with Gasteiger partial charge in [0.2, 0.25) is 0 Å². The van der Waals surface area contributed by atoms with Gasteiger partial charge in [-0.15, -0.1) is 0 Å². The van der Waals surface area contributed by atoms with E-state index in [4.69, 9.17) is 5.73 Å². The fourth-order valence-electron chi connectivity index (χ4n) is 0.840. The summed E-state index contributed by atoms with van der Waals surface area (Å²) in [6.45, 7) is 1.21. The third-order valence-electron chi connectivity index (χ3n) is 1.45. The molecule has 0 saturated carbocycles. The van der Waals surface area contributed by atoms with Crippen molar-refractivity contribution < 1.29 is 42.6 Å². The van der Waals surface area contributed by atoms with Gasteiger partial charge < -0.3 is 10.8 Å². The van der Waals surface area contributed by atoms with Crippen molar-refractivity contribution in [3.8, 4) is 5.75 Å². The first-order valence-electron chi connectivity index (χ1n) is 3.41. The van der Waals surface area contributed by atoms with E-state index >= 15 is 0 Å². The summed E-state index contributed by atoms with van der Waals surface area (Å²) in [5.41, 5.74) is 7.30. The normalized spacial score (nSPS) is 9.08. The first-order valence-corrected chi connectivity index (χ1v) is 3.41. The number of Topliss-reactive ketones (excluding diaryl/α,β-unsaturated/α-hetero) is 1. The number of pyridine rings is 1. The Morgan fingerprint density at radius 1 is 1.77 bits per heavy atom. The van der Waals surface area contributed by atoms with Gasteiger partial charge in [-0.05, 0) is 12.7 Å². The first-order chi connectivity index (χ1) is 5.66. The predicted molar refractivity (Wildman–Crippen MR) is 42.8 cm³/mol. The number of hydrogen-bond acceptors (Lipinski definition) is 3. The molecule has 1 aromatic rings. The molecule has 0 saturated heterocycles. The summed E-state index contributed by atoms with van der Waals surface area (Å²) in [5.74, 6) is -0.531. The molecule has 67 valence electrons. The molecule has 1 heterocycles. The van der Waals surface area contributed by atoms with Gasteiger partial charge in [-0.2, -0.15) is 12.1 Å². The Morgan fingerprint density at radius 2 is 2.38 bits per heavy atom. The van der Waals surface area contributed by atoms with Gasteiger partial charge in [0.1, 0.15) is 0 Å². The van der Waals surface area contributed by atoms with Crippen molar-refractivity contribution in [2.75, 3.05) is 0 Å². The molecule has 1 aromatic heterocycles. The number of nitrogens with one attached hydrogen (secondary N) is 1. The molecule has 4 nitrogen and oxygen atoms in total. The van der Waals surface area contributed by atoms with Crippen LogP contribution in [0.3, 0.4) is 0 Å². The Bertz CT molecular complexity index is 315. The molecule has 0 aromatic carbocycles. The van der Waals surface area contributed by atoms with E-state index in [2.05, 4.69) is 11.1 Å². The minimum absolute atomic E-state index is 0. The minimum Gasteiger partial charge on any atom is -0.676 e. The maximum absolute atomic E-state index is 10.8. The number of ketones is 1. The predicted octanol–water partition coefficient (Wildman–Crippen LogP) is 1.34. The van der Waals surface area contributed by atoms with Crippen LogP contribution in [0.4, 0.5) is 0 Å². The number of carbonyl (C=O) groups excluding carboxylic acids is 1. The minimum atomic E-state index is -0.309. The van der Waals surface area contributed by atoms with Crippen LogP contribution in [0.2, 0.25) is 0 Å². The second-order valence-electron chi connectivity index (χ2n) is 2.31. The molecule has 0 bridgehead atoms. The van der Waals surface area contributed by atoms with Gasteiger partial charge in [0.15, 0.2) is 5.78 Å². The van der Waals surface area contributed by atoms with Gasteiger partial charge in [0.25, 0.3) is 0 Å². The van der Waals surface area contributed by atoms with Crippen LogP contribution < -0.4 is 0 Å². The van der Waals surface area contributed by atoms with Crippen molar-refractivity contribution in [1.82, 2.24) is 4.98 Å². The summed E-state index contributed by atoms with van der Waals surface area (Å²) in [5, 5.41) is 9.32. The Kier molecular flexibility index (Phi) is 5.29. The van der Waals surface area contributed by atoms with Crippen LogP contribution in [0.1, 0.15) is 23.0 Å². The van der Waals surface area contributed by atoms with E-state index < -0.39 is 0 Å². The molecule has 0 unspecified atom stereocenters. The zero-order chi connectivity index (χ0) is 9.14. The summed E-state index contributed by atoms with van der Waals surface area (Å²) in [6, 6.07) is 2.58. The fraction of sp³-hybridized carbons (Fsp3) is 0.250. The second-order valence-corrected chi connectivity index (χ2v) is 2.31. The molecular weight excluding hydrogens is 245 g/mol. The Balaban J connectivity index is 0.00000144. The zero-order valence-corrected chi connectivity index (χ0v) is 10.0. The molecular formula is C8H8N2O2Y-2. The van der Waals surface area contributed by atoms with Crippen molar-refractivity contribution in [2.45, 2.75) is 13.5 Å². The monoisotopic (exact) mass is 253 g/mol. The van der Waals surface area contributed by atoms with E-state index in [0.717, 1.165) is 0 Å². The van der Waals surface area contributed by atoms with Gasteiger partial charge in [-0.3, -0.25) is 9.78 Å². The summed E-state index contributed by atoms with van der Waals surface area (Å²) >= 11 is 0. The molecule has 0 spiro atoms. The standard InChI is InChI=1S/C8H8N2O2.Y/c1-5(11)7-8(12)6(4-9)2-3-10-7;/h3,9,12H,4H2,1H3;/q-2;. The second kappa shape index (κ2) is 5.42. The molecule has 0 atom stereocenters. The molecule has 0 aliphatic heterocycles. The van der Waals surface area contributed by atoms with Gasteiger partial charge >= 0.3 is 0 Å². The summed E-state index contributed by atoms with van der Waals surface area (Å²) < 4.78 is 0. The van der Waals surface area contributed by atoms with Crippen LogP contribution in [0, 0.1) is 6.07 Å². The van der Waals surface area contributed by atoms with Crippen molar-refractivity contribution in [2.24, 2.45) is 0 Å². The van der Waals surface area contributed by atoms with Crippen molar-refractivity contribution in [3.63, 3.8) is 0 Å². The van der Waals surface area contributed by atoms with E-state index in [-0.39, 0.29) is 56.5 Å². The SMILES string of the molecule is CC(=O)c1nc[c-]c(C[NH-])c1O.[Y]. The van der Waals surface area contributed by atoms with Crippen molar-refractivity contribution in [3.05, 3.63) is 29.3 Å². The summed E-state index contributed by atoms with van der Waals surface area (Å²) in [6.07, 6.45) is 1.29. The maximum atomic E-state index is 10.8. The number of carbonyl (C=O) groups is 1. The molecule has 1 radical (unpaired) electrons. The fourth-order valence-corrected chi connectivity index (χ4v) is 0.840. The van der Waals surface area contributed by atoms with E-state index in [9.17, 15) is 9.90 Å². The van der Waals surface area contributed by atoms with E-state index in [0.29, 0.717) is 5.56 Å². The van der Waals surface area contributed by atoms with Gasteiger partial charge in [0.05, 0.1) is 5.69 Å².